The van der Waals surface area contributed by atoms with Crippen LogP contribution in [0.25, 0.3) is 22.3 Å². The van der Waals surface area contributed by atoms with Gasteiger partial charge in [0.15, 0.2) is 39.6 Å². The van der Waals surface area contributed by atoms with Crippen LogP contribution in [-0.4, -0.2) is 341 Å². The highest BCUT2D eigenvalue weighted by atomic mass is 33.1. The molecule has 4 heterocycles. The molecule has 28 N–H and O–H groups in total. The van der Waals surface area contributed by atoms with E-state index in [1.165, 1.54) is 30.5 Å². The number of carboxylic acids is 5. The fourth-order valence-corrected chi connectivity index (χ4v) is 15.4. The van der Waals surface area contributed by atoms with Gasteiger partial charge in [-0.05, 0) is 88.1 Å². The molecule has 0 unspecified atom stereocenters. The minimum Gasteiger partial charge on any atom is -0.481 e. The number of anilines is 2. The lowest BCUT2D eigenvalue weighted by molar-refractivity contribution is -0.144. The minimum atomic E-state index is -2.20. The summed E-state index contributed by atoms with van der Waals surface area (Å²) in [5.74, 6) is -24.7. The number of ketones is 4. The molecule has 0 aliphatic carbocycles. The molecule has 0 aliphatic heterocycles. The number of carbonyl (C=O) groups excluding carboxylic acids is 12. The standard InChI is InChI=1S/C85H112N18O34S2/c1-40-94-75(86)69-76(95-40)92-31-48(96-69)12-4-41-2-5-42(6-3-41)56(108)30-46(82(131)132)11-22-64(116)91-36-68(122)137-26-27-138-139-39-54(84(135)136)98-65(117)23-19-55(107)51(17-24-66(118)119)99-80(129)45(10-21-63(115)90-35-59(111)72(124)74(126)61(113)38-105)29-57(109)52(18-25-67(120)121)100-79(128)44(9-20-62(114)89-34-58(110)71(123)73(125)60(112)37-104)28-50(106)15-16-53(83(133)134)101-78(127)43-7-13-47(14-8-43)88-32-49-33-93-77-70(97-49)81(130)103-85(87)102-77/h2-3,5-8,13-14,31,33,44-46,51-54,58-61,71-74,88,104-105,110-113,123-126H,4,9-12,15-30,32,34-39H2,1H3,(H,89,114)(H,90,115)(H,91,116)(H,98,117)(H,99,129)(H,100,128)(H,101,127)(H,118,119)(H,120,121)(H,131,132)(H,133,134)(H,135,136)(H2,86,92,94,95)(H3,87,93,102,103,130)/t44-,45-,46-,51+,52+,53+,54+,58+,59+,60-,61-,71-,72-,73-,74-/m1/s1. The van der Waals surface area contributed by atoms with Gasteiger partial charge >= 0.3 is 35.8 Å². The number of aryl methyl sites for hydroxylation is 3. The number of aliphatic hydroxyl groups excluding tert-OH is 10. The summed E-state index contributed by atoms with van der Waals surface area (Å²) in [6, 6.07) is 4.66. The molecule has 758 valence electrons. The molecule has 2 aromatic carbocycles. The van der Waals surface area contributed by atoms with Crippen molar-refractivity contribution in [3.63, 3.8) is 0 Å². The fourth-order valence-electron chi connectivity index (χ4n) is 13.4. The van der Waals surface area contributed by atoms with Crippen molar-refractivity contribution in [2.45, 2.75) is 208 Å². The first kappa shape index (κ1) is 114. The average Bonchev–Trinajstić information content (AvgIpc) is 0.811. The van der Waals surface area contributed by atoms with Crippen molar-refractivity contribution in [2.24, 2.45) is 17.8 Å². The van der Waals surface area contributed by atoms with Crippen molar-refractivity contribution < 1.29 is 163 Å². The number of nitrogens with two attached hydrogens (primary N) is 1. The molecule has 7 amide bonds. The summed E-state index contributed by atoms with van der Waals surface area (Å²) in [6.45, 7) is -3.10. The molecular formula is C85H112N18O34S2. The number of esters is 1. The Morgan fingerprint density at radius 2 is 0.993 bits per heavy atom. The third-order valence-corrected chi connectivity index (χ3v) is 23.7. The van der Waals surface area contributed by atoms with Gasteiger partial charge in [0.25, 0.3) is 11.5 Å². The monoisotopic (exact) mass is 1990 g/mol. The van der Waals surface area contributed by atoms with Crippen molar-refractivity contribution in [1.82, 2.24) is 77.1 Å². The third kappa shape index (κ3) is 39.5. The first-order chi connectivity index (χ1) is 65.8. The molecule has 0 spiro atoms. The van der Waals surface area contributed by atoms with Gasteiger partial charge in [0.2, 0.25) is 41.4 Å². The zero-order valence-electron chi connectivity index (χ0n) is 74.8. The van der Waals surface area contributed by atoms with Crippen LogP contribution in [0.3, 0.4) is 0 Å². The Morgan fingerprint density at radius 3 is 1.55 bits per heavy atom. The number of nitrogens with one attached hydrogen (secondary N) is 11. The Bertz CT molecular complexity index is 5430. The van der Waals surface area contributed by atoms with Crippen LogP contribution in [0.2, 0.25) is 0 Å². The maximum absolute atomic E-state index is 14.7. The highest BCUT2D eigenvalue weighted by Gasteiger charge is 2.37. The van der Waals surface area contributed by atoms with Gasteiger partial charge in [-0.25, -0.2) is 34.5 Å². The average molecular weight is 1990 g/mol. The summed E-state index contributed by atoms with van der Waals surface area (Å²) >= 11 is 0. The largest absolute Gasteiger partial charge is 0.481 e. The van der Waals surface area contributed by atoms with E-state index in [-0.39, 0.29) is 71.2 Å². The van der Waals surface area contributed by atoms with E-state index in [2.05, 4.69) is 82.4 Å². The molecule has 0 saturated heterocycles. The van der Waals surface area contributed by atoms with Crippen molar-refractivity contribution in [3.8, 4) is 0 Å². The summed E-state index contributed by atoms with van der Waals surface area (Å²) in [5, 5.41) is 177. The molecule has 6 rings (SSSR count). The minimum absolute atomic E-state index is 0.00850. The number of carboxylic acid groups (broad SMARTS) is 5. The Balaban J connectivity index is 1.07. The molecule has 0 aliphatic rings. The second-order valence-electron chi connectivity index (χ2n) is 32.1. The van der Waals surface area contributed by atoms with Gasteiger partial charge < -0.3 is 135 Å². The van der Waals surface area contributed by atoms with E-state index in [0.717, 1.165) is 27.2 Å². The van der Waals surface area contributed by atoms with Crippen LogP contribution in [0.1, 0.15) is 153 Å². The third-order valence-electron chi connectivity index (χ3n) is 21.4. The Kier molecular flexibility index (Phi) is 47.4. The molecule has 0 radical (unpaired) electrons. The number of fused-ring (bicyclic) bond motifs is 2. The molecular weight excluding hydrogens is 1880 g/mol. The van der Waals surface area contributed by atoms with E-state index in [1.807, 2.05) is 0 Å². The van der Waals surface area contributed by atoms with Crippen LogP contribution in [0.5, 0.6) is 0 Å². The number of H-pyrrole nitrogens is 2. The van der Waals surface area contributed by atoms with Gasteiger partial charge in [0, 0.05) is 124 Å². The fraction of sp³-hybridized carbons (Fsp3) is 0.518. The molecule has 0 bridgehead atoms. The van der Waals surface area contributed by atoms with E-state index < -0.39 is 326 Å². The summed E-state index contributed by atoms with van der Waals surface area (Å²) in [6.07, 6.45) is -25.4. The number of aliphatic hydroxyl groups is 10. The summed E-state index contributed by atoms with van der Waals surface area (Å²) < 4.78 is 5.12. The summed E-state index contributed by atoms with van der Waals surface area (Å²) in [7, 11) is 1.86. The number of aromatic nitrogens is 8. The SMILES string of the molecule is Cc1nc2ncc(CCc3ccc(C(=O)C[C@@H](CCC(=O)NCC(=O)OCCSSC[C@H](NC(=O)CCC(=O)[C@H](CCC(=O)O)NC(=O)[C@H](CCC(=O)NC[C@H](O)[C@@H](O)[C@H](O)[C@H](O)CO)CC(=O)[C@H](CCC(=O)O)NC(=O)[C@H](CCC(=O)NC[C@H](O)[C@@H](O)[C@H](O)[C@H](O)CO)CC(=O)CC[C@H](NC(=O)c4ccc(NCc5cnc6nc(N)[nH]c(=O)c6n5)cc4)C(=O)O)C(=O)O)C(=O)O)cc3)nc2c(=N)[nH]1. The molecule has 6 aromatic rings. The number of benzene rings is 2. The van der Waals surface area contributed by atoms with Crippen LogP contribution in [0.15, 0.2) is 65.7 Å². The van der Waals surface area contributed by atoms with E-state index in [9.17, 15) is 163 Å². The highest BCUT2D eigenvalue weighted by Crippen LogP contribution is 2.26. The number of ether oxygens (including phenoxy) is 1. The Hall–Kier alpha value is -13.4. The number of amides is 7. The molecule has 4 aromatic heterocycles. The van der Waals surface area contributed by atoms with Crippen LogP contribution in [-0.2, 0) is 96.0 Å². The maximum Gasteiger partial charge on any atom is 0.327 e. The number of aliphatic carboxylic acids is 5. The number of aromatic amines is 2. The predicted molar refractivity (Wildman–Crippen MR) is 483 cm³/mol. The van der Waals surface area contributed by atoms with Crippen LogP contribution in [0.4, 0.5) is 11.6 Å². The molecule has 52 nitrogen and oxygen atoms in total. The predicted octanol–water partition coefficient (Wildman–Crippen LogP) is -5.66. The number of nitrogen functional groups attached to an aromatic ring is 1. The number of Topliss-reactive ketones (excluding diaryl/α,β-unsaturated/α-hetero) is 4. The second-order valence-corrected chi connectivity index (χ2v) is 34.7. The first-order valence-electron chi connectivity index (χ1n) is 43.3. The number of rotatable bonds is 66. The number of hydrogen-bond acceptors (Lipinski definition) is 40. The highest BCUT2D eigenvalue weighted by molar-refractivity contribution is 8.76. The van der Waals surface area contributed by atoms with Crippen LogP contribution >= 0.6 is 21.6 Å². The topological polar surface area (TPSA) is 875 Å². The number of nitrogens with zero attached hydrogens (tertiary/aromatic N) is 6. The zero-order valence-corrected chi connectivity index (χ0v) is 76.4. The Morgan fingerprint density at radius 1 is 0.482 bits per heavy atom. The van der Waals surface area contributed by atoms with Crippen molar-refractivity contribution in [3.05, 3.63) is 111 Å². The molecule has 0 saturated carbocycles. The van der Waals surface area contributed by atoms with Gasteiger partial charge in [0.05, 0.1) is 73.7 Å². The van der Waals surface area contributed by atoms with Crippen LogP contribution < -0.4 is 59.3 Å². The van der Waals surface area contributed by atoms with Crippen molar-refractivity contribution >= 4 is 156 Å². The quantitative estimate of drug-likeness (QED) is 0.00732. The van der Waals surface area contributed by atoms with Gasteiger partial charge in [-0.3, -0.25) is 87.1 Å². The first-order valence-corrected chi connectivity index (χ1v) is 45.8. The van der Waals surface area contributed by atoms with E-state index in [0.29, 0.717) is 46.9 Å². The van der Waals surface area contributed by atoms with Gasteiger partial charge in [0.1, 0.15) is 79.0 Å². The Labute approximate surface area is 796 Å². The summed E-state index contributed by atoms with van der Waals surface area (Å²) in [5.41, 5.74) is 7.84. The smallest absolute Gasteiger partial charge is 0.327 e. The van der Waals surface area contributed by atoms with Gasteiger partial charge in [-0.1, -0.05) is 45.9 Å². The molecule has 139 heavy (non-hydrogen) atoms. The van der Waals surface area contributed by atoms with Crippen molar-refractivity contribution in [1.29, 1.82) is 5.41 Å². The summed E-state index contributed by atoms with van der Waals surface area (Å²) in [4.78, 5) is 268. The molecule has 54 heteroatoms. The van der Waals surface area contributed by atoms with Crippen molar-refractivity contribution in [2.75, 3.05) is 62.0 Å². The number of hydrogen-bond donors (Lipinski definition) is 27. The van der Waals surface area contributed by atoms with E-state index in [1.54, 1.807) is 37.4 Å². The lowest BCUT2D eigenvalue weighted by Crippen LogP contribution is -2.50. The number of carbonyl (C=O) groups is 17. The second kappa shape index (κ2) is 57.7. The zero-order chi connectivity index (χ0) is 103. The molecule has 0 fully saturated rings. The van der Waals surface area contributed by atoms with E-state index in [4.69, 9.17) is 15.9 Å². The van der Waals surface area contributed by atoms with Gasteiger partial charge in [-0.15, -0.1) is 0 Å². The van der Waals surface area contributed by atoms with E-state index >= 15 is 0 Å². The molecule has 15 atom stereocenters. The lowest BCUT2D eigenvalue weighted by Gasteiger charge is -2.26. The van der Waals surface area contributed by atoms with Crippen LogP contribution in [0, 0.1) is 30.1 Å². The normalized spacial score (nSPS) is 14.6. The maximum atomic E-state index is 14.7. The van der Waals surface area contributed by atoms with Gasteiger partial charge in [-0.2, -0.15) is 4.98 Å². The lowest BCUT2D eigenvalue weighted by atomic mass is 9.89.